The normalized spacial score (nSPS) is 14.7. The lowest BCUT2D eigenvalue weighted by atomic mass is 9.99. The molecule has 0 saturated heterocycles. The molecular formula is C21H23N3O2S. The van der Waals surface area contributed by atoms with Gasteiger partial charge >= 0.3 is 0 Å². The molecule has 0 bridgehead atoms. The van der Waals surface area contributed by atoms with Gasteiger partial charge in [0.05, 0.1) is 11.7 Å². The van der Waals surface area contributed by atoms with Gasteiger partial charge in [-0.25, -0.2) is 4.98 Å². The minimum atomic E-state index is -0.155. The van der Waals surface area contributed by atoms with Crippen molar-refractivity contribution in [3.63, 3.8) is 0 Å². The maximum absolute atomic E-state index is 13.1. The summed E-state index contributed by atoms with van der Waals surface area (Å²) in [4.78, 5) is 30.6. The van der Waals surface area contributed by atoms with E-state index in [1.54, 1.807) is 0 Å². The van der Waals surface area contributed by atoms with Crippen LogP contribution in [0.2, 0.25) is 0 Å². The van der Waals surface area contributed by atoms with Crippen molar-refractivity contribution in [3.05, 3.63) is 51.4 Å². The number of nitrogens with zero attached hydrogens (tertiary/aromatic N) is 2. The van der Waals surface area contributed by atoms with Crippen molar-refractivity contribution in [2.45, 2.75) is 52.1 Å². The number of benzene rings is 1. The van der Waals surface area contributed by atoms with Crippen molar-refractivity contribution in [2.24, 2.45) is 0 Å². The minimum Gasteiger partial charge on any atom is -0.352 e. The topological polar surface area (TPSA) is 64.0 Å². The lowest BCUT2D eigenvalue weighted by Crippen LogP contribution is -2.37. The van der Waals surface area contributed by atoms with Gasteiger partial charge in [0, 0.05) is 17.0 Å². The third kappa shape index (κ3) is 3.54. The predicted molar refractivity (Wildman–Crippen MR) is 109 cm³/mol. The number of aryl methyl sites for hydroxylation is 2. The Morgan fingerprint density at radius 2 is 2.04 bits per heavy atom. The van der Waals surface area contributed by atoms with Crippen LogP contribution in [0.5, 0.6) is 0 Å². The Kier molecular flexibility index (Phi) is 4.83. The van der Waals surface area contributed by atoms with E-state index in [4.69, 9.17) is 0 Å². The third-order valence-electron chi connectivity index (χ3n) is 5.27. The summed E-state index contributed by atoms with van der Waals surface area (Å²) in [5.41, 5.74) is 4.10. The van der Waals surface area contributed by atoms with Crippen molar-refractivity contribution >= 4 is 27.5 Å². The Hall–Kier alpha value is -2.47. The maximum atomic E-state index is 13.1. The summed E-state index contributed by atoms with van der Waals surface area (Å²) in [7, 11) is 0. The zero-order valence-corrected chi connectivity index (χ0v) is 16.4. The number of thiophene rings is 1. The molecule has 1 aliphatic rings. The Labute approximate surface area is 162 Å². The molecule has 2 heterocycles. The van der Waals surface area contributed by atoms with E-state index in [0.29, 0.717) is 10.2 Å². The highest BCUT2D eigenvalue weighted by molar-refractivity contribution is 7.17. The first-order chi connectivity index (χ1) is 13.0. The average Bonchev–Trinajstić information content (AvgIpc) is 3.27. The van der Waals surface area contributed by atoms with Crippen LogP contribution in [0.1, 0.15) is 36.8 Å². The number of amides is 1. The molecule has 5 nitrogen and oxygen atoms in total. The summed E-state index contributed by atoms with van der Waals surface area (Å²) in [5, 5.41) is 5.62. The number of carbonyl (C=O) groups is 1. The van der Waals surface area contributed by atoms with Crippen LogP contribution in [0.4, 0.5) is 0 Å². The van der Waals surface area contributed by atoms with E-state index in [0.717, 1.165) is 42.4 Å². The van der Waals surface area contributed by atoms with Crippen LogP contribution in [0.25, 0.3) is 21.3 Å². The first-order valence-electron chi connectivity index (χ1n) is 9.36. The lowest BCUT2D eigenvalue weighted by Gasteiger charge is -2.13. The van der Waals surface area contributed by atoms with Gasteiger partial charge in [-0.05, 0) is 37.8 Å². The molecule has 0 spiro atoms. The van der Waals surface area contributed by atoms with E-state index < -0.39 is 0 Å². The van der Waals surface area contributed by atoms with Crippen LogP contribution in [0, 0.1) is 13.8 Å². The van der Waals surface area contributed by atoms with Gasteiger partial charge in [0.2, 0.25) is 5.91 Å². The van der Waals surface area contributed by atoms with E-state index in [9.17, 15) is 9.59 Å². The van der Waals surface area contributed by atoms with E-state index in [2.05, 4.69) is 42.3 Å². The minimum absolute atomic E-state index is 0.0143. The van der Waals surface area contributed by atoms with Gasteiger partial charge in [-0.15, -0.1) is 11.3 Å². The van der Waals surface area contributed by atoms with Crippen molar-refractivity contribution in [2.75, 3.05) is 0 Å². The van der Waals surface area contributed by atoms with Crippen molar-refractivity contribution in [1.29, 1.82) is 0 Å². The van der Waals surface area contributed by atoms with Crippen LogP contribution >= 0.6 is 11.3 Å². The fourth-order valence-electron chi connectivity index (χ4n) is 3.89. The molecule has 1 aliphatic carbocycles. The number of carbonyl (C=O) groups excluding carboxylic acids is 1. The number of fused-ring (bicyclic) bond motifs is 1. The van der Waals surface area contributed by atoms with Crippen molar-refractivity contribution in [3.8, 4) is 11.1 Å². The molecule has 0 unspecified atom stereocenters. The van der Waals surface area contributed by atoms with Crippen molar-refractivity contribution in [1.82, 2.24) is 14.9 Å². The fraction of sp³-hybridized carbons (Fsp3) is 0.381. The van der Waals surface area contributed by atoms with Gasteiger partial charge in [0.1, 0.15) is 11.4 Å². The molecule has 2 aromatic heterocycles. The van der Waals surface area contributed by atoms with Crippen molar-refractivity contribution < 1.29 is 4.79 Å². The molecular weight excluding hydrogens is 358 g/mol. The van der Waals surface area contributed by atoms with Crippen LogP contribution in [-0.4, -0.2) is 21.5 Å². The van der Waals surface area contributed by atoms with Gasteiger partial charge in [0.25, 0.3) is 5.56 Å². The number of rotatable bonds is 4. The smallest absolute Gasteiger partial charge is 0.263 e. The average molecular weight is 382 g/mol. The number of hydrogen-bond acceptors (Lipinski definition) is 4. The van der Waals surface area contributed by atoms with E-state index in [-0.39, 0.29) is 24.1 Å². The molecule has 140 valence electrons. The lowest BCUT2D eigenvalue weighted by molar-refractivity contribution is -0.122. The van der Waals surface area contributed by atoms with Crippen LogP contribution in [0.15, 0.2) is 34.7 Å². The highest BCUT2D eigenvalue weighted by Gasteiger charge is 2.19. The summed E-state index contributed by atoms with van der Waals surface area (Å²) in [6, 6.07) is 6.46. The quantitative estimate of drug-likeness (QED) is 0.748. The second-order valence-corrected chi connectivity index (χ2v) is 8.23. The molecule has 1 amide bonds. The fourth-order valence-corrected chi connectivity index (χ4v) is 4.79. The van der Waals surface area contributed by atoms with E-state index in [1.165, 1.54) is 27.8 Å². The number of nitrogens with one attached hydrogen (secondary N) is 1. The molecule has 1 saturated carbocycles. The zero-order chi connectivity index (χ0) is 19.0. The SMILES string of the molecule is Cc1ccc(-c2csc3ncn(CC(=O)NC4CCCC4)c(=O)c23)c(C)c1. The summed E-state index contributed by atoms with van der Waals surface area (Å²) in [6.07, 6.45) is 5.86. The largest absolute Gasteiger partial charge is 0.352 e. The van der Waals surface area contributed by atoms with Gasteiger partial charge < -0.3 is 5.32 Å². The van der Waals surface area contributed by atoms with E-state index >= 15 is 0 Å². The molecule has 1 aromatic carbocycles. The predicted octanol–water partition coefficient (Wildman–Crippen LogP) is 3.80. The van der Waals surface area contributed by atoms with Crippen LogP contribution in [0.3, 0.4) is 0 Å². The number of hydrogen-bond donors (Lipinski definition) is 1. The summed E-state index contributed by atoms with van der Waals surface area (Å²) >= 11 is 1.46. The zero-order valence-electron chi connectivity index (χ0n) is 15.6. The van der Waals surface area contributed by atoms with Gasteiger partial charge in [-0.3, -0.25) is 14.2 Å². The van der Waals surface area contributed by atoms with E-state index in [1.807, 2.05) is 5.38 Å². The van der Waals surface area contributed by atoms with Gasteiger partial charge in [-0.1, -0.05) is 36.6 Å². The molecule has 3 aromatic rings. The molecule has 0 radical (unpaired) electrons. The molecule has 1 N–H and O–H groups in total. The maximum Gasteiger partial charge on any atom is 0.263 e. The van der Waals surface area contributed by atoms with Crippen LogP contribution < -0.4 is 10.9 Å². The Morgan fingerprint density at radius 3 is 2.78 bits per heavy atom. The molecule has 6 heteroatoms. The Bertz CT molecular complexity index is 1060. The second-order valence-electron chi connectivity index (χ2n) is 7.37. The summed E-state index contributed by atoms with van der Waals surface area (Å²) in [5.74, 6) is -0.117. The molecule has 1 fully saturated rings. The van der Waals surface area contributed by atoms with Gasteiger partial charge in [0.15, 0.2) is 0 Å². The Morgan fingerprint density at radius 1 is 1.26 bits per heavy atom. The molecule has 0 atom stereocenters. The standard InChI is InChI=1S/C21H23N3O2S/c1-13-7-8-16(14(2)9-13)17-11-27-20-19(17)21(26)24(12-22-20)10-18(25)23-15-5-3-4-6-15/h7-9,11-12,15H,3-6,10H2,1-2H3,(H,23,25). The highest BCUT2D eigenvalue weighted by Crippen LogP contribution is 2.33. The molecule has 0 aliphatic heterocycles. The van der Waals surface area contributed by atoms with Gasteiger partial charge in [-0.2, -0.15) is 0 Å². The first-order valence-corrected chi connectivity index (χ1v) is 10.2. The Balaban J connectivity index is 1.69. The number of aromatic nitrogens is 2. The molecule has 27 heavy (non-hydrogen) atoms. The summed E-state index contributed by atoms with van der Waals surface area (Å²) < 4.78 is 1.42. The first kappa shape index (κ1) is 17.9. The highest BCUT2D eigenvalue weighted by atomic mass is 32.1. The summed E-state index contributed by atoms with van der Waals surface area (Å²) in [6.45, 7) is 4.12. The third-order valence-corrected chi connectivity index (χ3v) is 6.15. The molecule has 4 rings (SSSR count). The second kappa shape index (κ2) is 7.27. The van der Waals surface area contributed by atoms with Crippen LogP contribution in [-0.2, 0) is 11.3 Å². The monoisotopic (exact) mass is 381 g/mol.